The molecule has 0 aliphatic rings. The zero-order chi connectivity index (χ0) is 80.2. The number of aromatic amines is 3. The molecule has 0 fully saturated rings. The predicted molar refractivity (Wildman–Crippen MR) is 396 cm³/mol. The summed E-state index contributed by atoms with van der Waals surface area (Å²) in [7, 11) is 0. The highest BCUT2D eigenvalue weighted by Crippen LogP contribution is 2.22. The van der Waals surface area contributed by atoms with Gasteiger partial charge in [-0.05, 0) is 79.2 Å². The first-order valence-electron chi connectivity index (χ1n) is 35.5. The van der Waals surface area contributed by atoms with E-state index in [0.717, 1.165) is 23.4 Å². The van der Waals surface area contributed by atoms with Gasteiger partial charge in [0.25, 0.3) is 0 Å². The fourth-order valence-electron chi connectivity index (χ4n) is 11.8. The average Bonchev–Trinajstić information content (AvgIpc) is 1.50. The Labute approximate surface area is 627 Å². The summed E-state index contributed by atoms with van der Waals surface area (Å²) in [5.74, 6) is -16.2. The maximum Gasteiger partial charge on any atom is 0.326 e. The molecule has 36 heteroatoms. The quantitative estimate of drug-likeness (QED) is 0.0182. The van der Waals surface area contributed by atoms with Gasteiger partial charge in [0.2, 0.25) is 82.7 Å². The second kappa shape index (κ2) is 41.7. The molecule has 0 saturated heterocycles. The molecule has 109 heavy (non-hydrogen) atoms. The molecule has 3 heterocycles. The zero-order valence-corrected chi connectivity index (χ0v) is 61.6. The normalized spacial score (nSPS) is 14.3. The Morgan fingerprint density at radius 1 is 0.413 bits per heavy atom. The third-order valence-electron chi connectivity index (χ3n) is 17.2. The summed E-state index contributed by atoms with van der Waals surface area (Å²) in [6.07, 6.45) is 1.84. The number of aromatic nitrogens is 4. The first-order chi connectivity index (χ1) is 51.6. The van der Waals surface area contributed by atoms with Gasteiger partial charge < -0.3 is 106 Å². The number of hydrogen-bond acceptors (Lipinski definition) is 18. The van der Waals surface area contributed by atoms with Gasteiger partial charge in [0.15, 0.2) is 0 Å². The van der Waals surface area contributed by atoms with E-state index in [1.54, 1.807) is 127 Å². The van der Waals surface area contributed by atoms with Gasteiger partial charge in [0.05, 0.1) is 50.9 Å². The third-order valence-corrected chi connectivity index (χ3v) is 17.2. The van der Waals surface area contributed by atoms with Gasteiger partial charge in [-0.2, -0.15) is 0 Å². The lowest BCUT2D eigenvalue weighted by Gasteiger charge is -2.29. The first kappa shape index (κ1) is 85.8. The number of primary amides is 2. The molecule has 23 N–H and O–H groups in total. The van der Waals surface area contributed by atoms with Crippen LogP contribution in [0.1, 0.15) is 103 Å². The summed E-state index contributed by atoms with van der Waals surface area (Å²) < 4.78 is 0. The van der Waals surface area contributed by atoms with Gasteiger partial charge >= 0.3 is 5.97 Å². The minimum absolute atomic E-state index is 0.0463. The van der Waals surface area contributed by atoms with Crippen LogP contribution in [0.5, 0.6) is 0 Å². The molecular weight excluding hydrogens is 1410 g/mol. The van der Waals surface area contributed by atoms with Crippen molar-refractivity contribution in [1.29, 1.82) is 0 Å². The van der Waals surface area contributed by atoms with E-state index in [0.29, 0.717) is 27.7 Å². The Kier molecular flexibility index (Phi) is 32.9. The van der Waals surface area contributed by atoms with E-state index in [-0.39, 0.29) is 56.8 Å². The molecule has 11 atom stereocenters. The van der Waals surface area contributed by atoms with Crippen LogP contribution in [0.15, 0.2) is 104 Å². The number of carboxylic acid groups (broad SMARTS) is 1. The Bertz CT molecular complexity index is 4180. The van der Waals surface area contributed by atoms with Crippen molar-refractivity contribution >= 4 is 110 Å². The fourth-order valence-corrected chi connectivity index (χ4v) is 11.8. The molecule has 6 rings (SSSR count). The largest absolute Gasteiger partial charge is 0.480 e. The number of aliphatic hydroxyl groups excluding tert-OH is 1. The molecule has 14 amide bonds. The van der Waals surface area contributed by atoms with Crippen molar-refractivity contribution in [3.63, 3.8) is 0 Å². The van der Waals surface area contributed by atoms with Crippen molar-refractivity contribution in [2.45, 2.75) is 173 Å². The highest BCUT2D eigenvalue weighted by molar-refractivity contribution is 6.01. The van der Waals surface area contributed by atoms with E-state index in [9.17, 15) is 82.1 Å². The van der Waals surface area contributed by atoms with Crippen molar-refractivity contribution in [3.8, 4) is 0 Å². The lowest BCUT2D eigenvalue weighted by Crippen LogP contribution is -2.62. The number of nitrogens with two attached hydrogens (primary N) is 3. The first-order valence-corrected chi connectivity index (χ1v) is 35.5. The van der Waals surface area contributed by atoms with Crippen LogP contribution in [-0.4, -0.2) is 205 Å². The molecule has 3 aromatic heterocycles. The van der Waals surface area contributed by atoms with Gasteiger partial charge in [-0.15, -0.1) is 0 Å². The van der Waals surface area contributed by atoms with Crippen molar-refractivity contribution in [2.75, 3.05) is 19.6 Å². The SMILES string of the molecule is CC(C)C[C@H](NC(=O)[C@H](CC(N)=O)NC(=O)[C@H](CC(C)C)NC(=O)[C@@H](NC(=O)[C@H](CC(N)=O)NC(=O)[C@H](CC(C)C)NC(=O)[C@H](Cc1c[nH]c2ccccc12)NC(=O)CNC(=O)[C@H](Cc1cnc[nH]1)NC(=O)CNC(=O)[C@@H](N)Cc1ccccc1)[C@@H](C)O)C(=O)NCC(=O)N[C@@H](Cc1c[nH]c2ccccc12)C(=O)O. The van der Waals surface area contributed by atoms with Crippen LogP contribution in [0.2, 0.25) is 0 Å². The van der Waals surface area contributed by atoms with Gasteiger partial charge in [0, 0.05) is 65.4 Å². The minimum atomic E-state index is -1.96. The second-order valence-corrected chi connectivity index (χ2v) is 27.8. The number of carbonyl (C=O) groups is 15. The number of nitrogens with one attached hydrogen (secondary N) is 15. The lowest BCUT2D eigenvalue weighted by molar-refractivity contribution is -0.141. The number of rotatable bonds is 44. The number of benzene rings is 3. The number of imidazole rings is 1. The van der Waals surface area contributed by atoms with Crippen LogP contribution in [-0.2, 0) is 97.6 Å². The Hall–Kier alpha value is -12.1. The van der Waals surface area contributed by atoms with Gasteiger partial charge in [-0.1, -0.05) is 108 Å². The van der Waals surface area contributed by atoms with Crippen LogP contribution in [0.4, 0.5) is 0 Å². The predicted octanol–water partition coefficient (Wildman–Crippen LogP) is -2.96. The molecule has 0 saturated carbocycles. The molecular formula is C73H99N19O17. The van der Waals surface area contributed by atoms with Gasteiger partial charge in [0.1, 0.15) is 54.4 Å². The number of hydrogen-bond donors (Lipinski definition) is 20. The number of H-pyrrole nitrogens is 3. The molecule has 0 spiro atoms. The number of carbonyl (C=O) groups excluding carboxylic acids is 14. The molecule has 3 aromatic carbocycles. The minimum Gasteiger partial charge on any atom is -0.480 e. The van der Waals surface area contributed by atoms with Crippen molar-refractivity contribution in [2.24, 2.45) is 35.0 Å². The maximum atomic E-state index is 14.7. The van der Waals surface area contributed by atoms with Crippen LogP contribution in [0.25, 0.3) is 21.8 Å². The molecule has 6 aromatic rings. The second-order valence-electron chi connectivity index (χ2n) is 27.8. The number of aliphatic carboxylic acids is 1. The van der Waals surface area contributed by atoms with E-state index in [1.807, 2.05) is 6.07 Å². The van der Waals surface area contributed by atoms with Crippen molar-refractivity contribution < 1.29 is 82.1 Å². The van der Waals surface area contributed by atoms with E-state index in [2.05, 4.69) is 83.7 Å². The van der Waals surface area contributed by atoms with E-state index >= 15 is 0 Å². The van der Waals surface area contributed by atoms with Crippen molar-refractivity contribution in [1.82, 2.24) is 83.7 Å². The number of carboxylic acids is 1. The molecule has 588 valence electrons. The summed E-state index contributed by atoms with van der Waals surface area (Å²) in [5.41, 5.74) is 21.0. The van der Waals surface area contributed by atoms with Crippen LogP contribution < -0.4 is 81.0 Å². The number of nitrogens with zero attached hydrogens (tertiary/aromatic N) is 1. The van der Waals surface area contributed by atoms with Gasteiger partial charge in [-0.25, -0.2) is 9.78 Å². The maximum absolute atomic E-state index is 14.7. The average molecular weight is 1510 g/mol. The van der Waals surface area contributed by atoms with E-state index < -0.39 is 194 Å². The number of aliphatic hydroxyl groups is 1. The number of para-hydroxylation sites is 2. The smallest absolute Gasteiger partial charge is 0.326 e. The number of amides is 14. The van der Waals surface area contributed by atoms with E-state index in [1.165, 1.54) is 12.5 Å². The number of fused-ring (bicyclic) bond motifs is 2. The zero-order valence-electron chi connectivity index (χ0n) is 61.6. The lowest BCUT2D eigenvalue weighted by atomic mass is 10.00. The van der Waals surface area contributed by atoms with Crippen LogP contribution >= 0.6 is 0 Å². The Morgan fingerprint density at radius 3 is 1.23 bits per heavy atom. The molecule has 0 unspecified atom stereocenters. The van der Waals surface area contributed by atoms with Crippen LogP contribution in [0.3, 0.4) is 0 Å². The van der Waals surface area contributed by atoms with Gasteiger partial charge in [-0.3, -0.25) is 67.1 Å². The standard InChI is InChI=1S/C73H99N19O17/c1-37(2)21-50(65(100)81-35-62(98)86-57(73(108)109)26-43-31-79-49-20-14-12-18-46(43)49)87-70(105)55(28-58(75)94)89-68(103)52(23-39(5)6)91-72(107)63(40(7)93)92-71(106)56(29-59(76)95)90-67(102)51(22-38(3)4)88-69(104)53(25-42-30-78-48-19-13-11-17-45(42)48)84-61(97)34-82-66(101)54(27-44-32-77-36-83-44)85-60(96)33-80-64(99)47(74)24-41-15-9-8-10-16-41/h8-20,30-32,36-40,47,50-57,63,78-79,93H,21-29,33-35,74H2,1-7H3,(H2,75,94)(H2,76,95)(H,77,83)(H,80,99)(H,81,100)(H,82,101)(H,84,97)(H,85,96)(H,86,98)(H,87,105)(H,88,104)(H,89,103)(H,90,102)(H,91,107)(H,92,106)(H,108,109)/t40-,47+,50+,51+,52+,53+,54+,55+,56+,57+,63+/m1/s1. The summed E-state index contributed by atoms with van der Waals surface area (Å²) in [4.78, 5) is 217. The van der Waals surface area contributed by atoms with Crippen molar-refractivity contribution in [3.05, 3.63) is 126 Å². The monoisotopic (exact) mass is 1510 g/mol. The van der Waals surface area contributed by atoms with Crippen LogP contribution in [0, 0.1) is 17.8 Å². The summed E-state index contributed by atoms with van der Waals surface area (Å²) in [6.45, 7) is 9.21. The highest BCUT2D eigenvalue weighted by atomic mass is 16.4. The fraction of sp³-hybridized carbons (Fsp3) is 0.452. The summed E-state index contributed by atoms with van der Waals surface area (Å²) in [6, 6.07) is 7.74. The third kappa shape index (κ3) is 28.0. The summed E-state index contributed by atoms with van der Waals surface area (Å²) in [5, 5.41) is 51.9. The molecule has 0 aliphatic carbocycles. The Morgan fingerprint density at radius 2 is 0.789 bits per heavy atom. The molecule has 0 aliphatic heterocycles. The topological polar surface area (TPSA) is 579 Å². The highest BCUT2D eigenvalue weighted by Gasteiger charge is 2.38. The Balaban J connectivity index is 1.11. The molecule has 0 radical (unpaired) electrons. The molecule has 36 nitrogen and oxygen atoms in total. The van der Waals surface area contributed by atoms with E-state index in [4.69, 9.17) is 17.2 Å². The summed E-state index contributed by atoms with van der Waals surface area (Å²) >= 11 is 0. The molecule has 0 bridgehead atoms.